The van der Waals surface area contributed by atoms with Gasteiger partial charge in [-0.2, -0.15) is 5.26 Å². The van der Waals surface area contributed by atoms with E-state index in [2.05, 4.69) is 42.2 Å². The van der Waals surface area contributed by atoms with E-state index in [9.17, 15) is 0 Å². The molecule has 1 atom stereocenters. The van der Waals surface area contributed by atoms with Gasteiger partial charge in [-0.1, -0.05) is 49.4 Å². The number of rotatable bonds is 9. The topological polar surface area (TPSA) is 64.4 Å². The molecule has 4 rings (SSSR count). The molecule has 32 heavy (non-hydrogen) atoms. The van der Waals surface area contributed by atoms with Crippen molar-refractivity contribution in [2.24, 2.45) is 0 Å². The lowest BCUT2D eigenvalue weighted by molar-refractivity contribution is 0.0182. The molecule has 1 aromatic heterocycles. The number of hydrogen-bond donors (Lipinski definition) is 0. The quantitative estimate of drug-likeness (QED) is 0.313. The molecule has 0 radical (unpaired) electrons. The molecular weight excluding hydrogens is 420 g/mol. The number of methoxy groups -OCH3 is 1. The molecule has 1 heterocycles. The minimum atomic E-state index is -0.685. The van der Waals surface area contributed by atoms with Gasteiger partial charge in [0.1, 0.15) is 23.3 Å². The molecule has 4 aromatic rings. The molecule has 6 heteroatoms. The van der Waals surface area contributed by atoms with Gasteiger partial charge in [-0.05, 0) is 46.5 Å². The second-order valence-corrected chi connectivity index (χ2v) is 8.19. The zero-order valence-electron chi connectivity index (χ0n) is 18.1. The highest BCUT2D eigenvalue weighted by molar-refractivity contribution is 7.09. The molecule has 0 saturated carbocycles. The third-order valence-corrected chi connectivity index (χ3v) is 6.45. The predicted octanol–water partition coefficient (Wildman–Crippen LogP) is 6.08. The Kier molecular flexibility index (Phi) is 6.69. The van der Waals surface area contributed by atoms with Crippen LogP contribution in [0.1, 0.15) is 29.5 Å². The summed E-state index contributed by atoms with van der Waals surface area (Å²) >= 11 is 1.55. The number of nitrogens with zero attached hydrogens (tertiary/aromatic N) is 2. The molecule has 3 aromatic carbocycles. The average molecular weight is 445 g/mol. The molecule has 0 N–H and O–H groups in total. The van der Waals surface area contributed by atoms with Crippen molar-refractivity contribution in [1.82, 2.24) is 4.98 Å². The van der Waals surface area contributed by atoms with Crippen molar-refractivity contribution in [2.75, 3.05) is 13.7 Å². The molecule has 0 spiro atoms. The van der Waals surface area contributed by atoms with E-state index in [4.69, 9.17) is 19.5 Å². The number of aromatic nitrogens is 1. The van der Waals surface area contributed by atoms with Gasteiger partial charge in [0.05, 0.1) is 0 Å². The summed E-state index contributed by atoms with van der Waals surface area (Å²) in [5, 5.41) is 14.2. The Morgan fingerprint density at radius 1 is 1.00 bits per heavy atom. The van der Waals surface area contributed by atoms with E-state index in [1.807, 2.05) is 41.8 Å². The second-order valence-electron chi connectivity index (χ2n) is 7.30. The first-order valence-corrected chi connectivity index (χ1v) is 11.3. The van der Waals surface area contributed by atoms with Gasteiger partial charge in [0.2, 0.25) is 0 Å². The Labute approximate surface area is 191 Å². The highest BCUT2D eigenvalue weighted by atomic mass is 32.1. The second kappa shape index (κ2) is 9.82. The van der Waals surface area contributed by atoms with E-state index < -0.39 is 5.60 Å². The first-order chi connectivity index (χ1) is 15.7. The Morgan fingerprint density at radius 2 is 1.84 bits per heavy atom. The van der Waals surface area contributed by atoms with Crippen molar-refractivity contribution < 1.29 is 14.2 Å². The Morgan fingerprint density at radius 3 is 2.56 bits per heavy atom. The van der Waals surface area contributed by atoms with Gasteiger partial charge < -0.3 is 14.2 Å². The van der Waals surface area contributed by atoms with Gasteiger partial charge in [-0.15, -0.1) is 11.3 Å². The Balaban J connectivity index is 1.63. The fourth-order valence-electron chi connectivity index (χ4n) is 3.84. The molecule has 5 nitrogen and oxygen atoms in total. The van der Waals surface area contributed by atoms with Crippen LogP contribution in [0.25, 0.3) is 10.8 Å². The van der Waals surface area contributed by atoms with Crippen LogP contribution in [0.5, 0.6) is 11.5 Å². The van der Waals surface area contributed by atoms with Gasteiger partial charge >= 0.3 is 0 Å². The van der Waals surface area contributed by atoms with Crippen LogP contribution in [-0.2, 0) is 16.9 Å². The summed E-state index contributed by atoms with van der Waals surface area (Å²) < 4.78 is 17.8. The zero-order chi connectivity index (χ0) is 22.4. The van der Waals surface area contributed by atoms with Gasteiger partial charge in [0, 0.05) is 18.7 Å². The summed E-state index contributed by atoms with van der Waals surface area (Å²) in [5.41, 5.74) is 1.28. The summed E-state index contributed by atoms with van der Waals surface area (Å²) in [6.07, 6.45) is 2.48. The van der Waals surface area contributed by atoms with Gasteiger partial charge in [-0.25, -0.2) is 4.98 Å². The van der Waals surface area contributed by atoms with Crippen LogP contribution in [-0.4, -0.2) is 18.7 Å². The first kappa shape index (κ1) is 21.8. The van der Waals surface area contributed by atoms with E-state index in [1.54, 1.807) is 24.6 Å². The minimum Gasteiger partial charge on any atom is -0.485 e. The average Bonchev–Trinajstić information content (AvgIpc) is 3.38. The molecule has 0 aliphatic carbocycles. The maximum absolute atomic E-state index is 9.05. The predicted molar refractivity (Wildman–Crippen MR) is 126 cm³/mol. The van der Waals surface area contributed by atoms with Crippen molar-refractivity contribution in [3.63, 3.8) is 0 Å². The minimum absolute atomic E-state index is 0.0703. The van der Waals surface area contributed by atoms with Crippen molar-refractivity contribution in [2.45, 2.75) is 25.6 Å². The number of nitriles is 1. The van der Waals surface area contributed by atoms with E-state index in [-0.39, 0.29) is 6.61 Å². The van der Waals surface area contributed by atoms with E-state index in [1.165, 1.54) is 10.8 Å². The van der Waals surface area contributed by atoms with Crippen LogP contribution in [0, 0.1) is 11.3 Å². The molecule has 0 bridgehead atoms. The number of benzene rings is 3. The summed E-state index contributed by atoms with van der Waals surface area (Å²) in [5.74, 6) is 1.09. The monoisotopic (exact) mass is 444 g/mol. The molecule has 0 fully saturated rings. The molecular formula is C26H24N2O3S. The fraction of sp³-hybridized carbons (Fsp3) is 0.231. The number of fused-ring (bicyclic) bond motifs is 1. The maximum atomic E-state index is 9.05. The summed E-state index contributed by atoms with van der Waals surface area (Å²) in [6.45, 7) is 2.38. The van der Waals surface area contributed by atoms with Crippen molar-refractivity contribution >= 4 is 22.1 Å². The maximum Gasteiger partial charge on any atom is 0.174 e. The van der Waals surface area contributed by atoms with E-state index in [0.29, 0.717) is 24.5 Å². The third-order valence-electron chi connectivity index (χ3n) is 5.53. The molecule has 162 valence electrons. The largest absolute Gasteiger partial charge is 0.485 e. The Hall–Kier alpha value is -3.40. The SMILES string of the molecule is CCC(OC)(c1ccc(OCc2ccc3ccccc3c2)c(OCC#N)c1)c1nccs1. The van der Waals surface area contributed by atoms with Crippen LogP contribution in [0.3, 0.4) is 0 Å². The molecule has 0 aliphatic rings. The standard InChI is InChI=1S/C26H24N2O3S/c1-3-26(29-2,25-28-13-15-32-25)22-10-11-23(24(17-22)30-14-12-27)31-18-19-8-9-20-6-4-5-7-21(20)16-19/h4-11,13,15-17H,3,14,18H2,1-2H3. The van der Waals surface area contributed by atoms with Crippen LogP contribution in [0.2, 0.25) is 0 Å². The van der Waals surface area contributed by atoms with Gasteiger partial charge in [0.25, 0.3) is 0 Å². The highest BCUT2D eigenvalue weighted by Gasteiger charge is 2.36. The number of ether oxygens (including phenoxy) is 3. The lowest BCUT2D eigenvalue weighted by atomic mass is 9.91. The molecule has 0 aliphatic heterocycles. The summed E-state index contributed by atoms with van der Waals surface area (Å²) in [4.78, 5) is 4.49. The summed E-state index contributed by atoms with van der Waals surface area (Å²) in [7, 11) is 1.69. The Bertz CT molecular complexity index is 1230. The van der Waals surface area contributed by atoms with Crippen molar-refractivity contribution in [3.05, 3.63) is 88.4 Å². The molecule has 1 unspecified atom stereocenters. The van der Waals surface area contributed by atoms with Crippen molar-refractivity contribution in [1.29, 1.82) is 5.26 Å². The van der Waals surface area contributed by atoms with Crippen LogP contribution in [0.15, 0.2) is 72.2 Å². The first-order valence-electron chi connectivity index (χ1n) is 10.4. The highest BCUT2D eigenvalue weighted by Crippen LogP contribution is 2.41. The molecule has 0 saturated heterocycles. The number of thiazole rings is 1. The summed E-state index contributed by atoms with van der Waals surface area (Å²) in [6, 6.07) is 22.3. The smallest absolute Gasteiger partial charge is 0.174 e. The van der Waals surface area contributed by atoms with Crippen LogP contribution >= 0.6 is 11.3 Å². The van der Waals surface area contributed by atoms with E-state index >= 15 is 0 Å². The van der Waals surface area contributed by atoms with Gasteiger partial charge in [0.15, 0.2) is 18.1 Å². The van der Waals surface area contributed by atoms with Gasteiger partial charge in [-0.3, -0.25) is 0 Å². The lowest BCUT2D eigenvalue weighted by Gasteiger charge is -2.30. The van der Waals surface area contributed by atoms with Crippen LogP contribution in [0.4, 0.5) is 0 Å². The molecule has 0 amide bonds. The number of hydrogen-bond acceptors (Lipinski definition) is 6. The normalized spacial score (nSPS) is 12.8. The fourth-order valence-corrected chi connectivity index (χ4v) is 4.75. The van der Waals surface area contributed by atoms with Crippen molar-refractivity contribution in [3.8, 4) is 17.6 Å². The lowest BCUT2D eigenvalue weighted by Crippen LogP contribution is -2.29. The van der Waals surface area contributed by atoms with Crippen LogP contribution < -0.4 is 9.47 Å². The zero-order valence-corrected chi connectivity index (χ0v) is 18.9. The third kappa shape index (κ3) is 4.31. The van der Waals surface area contributed by atoms with E-state index in [0.717, 1.165) is 16.1 Å².